The summed E-state index contributed by atoms with van der Waals surface area (Å²) in [6.07, 6.45) is 3.67. The largest absolute Gasteiger partial charge is 0.480 e. The third-order valence-corrected chi connectivity index (χ3v) is 5.99. The van der Waals surface area contributed by atoms with E-state index in [4.69, 9.17) is 9.84 Å². The summed E-state index contributed by atoms with van der Waals surface area (Å²) in [4.78, 5) is 37.8. The highest BCUT2D eigenvalue weighted by Gasteiger charge is 2.33. The number of carboxylic acid groups (broad SMARTS) is 1. The van der Waals surface area contributed by atoms with Gasteiger partial charge in [0, 0.05) is 12.0 Å². The highest BCUT2D eigenvalue weighted by molar-refractivity contribution is 5.88. The SMILES string of the molecule is CCC1(c2cccc(OC(=O)NC(C(=O)NCC(=O)O)C(C)C)c2)CCCCN(C)C1. The van der Waals surface area contributed by atoms with Crippen LogP contribution < -0.4 is 15.4 Å². The fraction of sp³-hybridized carbons (Fsp3) is 0.609. The van der Waals surface area contributed by atoms with Gasteiger partial charge in [-0.3, -0.25) is 9.59 Å². The summed E-state index contributed by atoms with van der Waals surface area (Å²) >= 11 is 0. The number of aliphatic carboxylic acids is 1. The maximum absolute atomic E-state index is 12.5. The number of likely N-dealkylation sites (N-methyl/N-ethyl adjacent to an activating group) is 1. The van der Waals surface area contributed by atoms with Crippen LogP contribution >= 0.6 is 0 Å². The number of likely N-dealkylation sites (tertiary alicyclic amines) is 1. The molecule has 0 aliphatic carbocycles. The number of carbonyl (C=O) groups excluding carboxylic acids is 2. The van der Waals surface area contributed by atoms with Crippen LogP contribution in [0.25, 0.3) is 0 Å². The number of rotatable bonds is 8. The van der Waals surface area contributed by atoms with E-state index in [1.165, 1.54) is 6.42 Å². The molecule has 8 heteroatoms. The molecule has 2 amide bonds. The molecule has 0 spiro atoms. The molecule has 1 heterocycles. The normalized spacial score (nSPS) is 20.5. The topological polar surface area (TPSA) is 108 Å². The zero-order chi connectivity index (χ0) is 23.0. The van der Waals surface area contributed by atoms with Crippen LogP contribution in [0.5, 0.6) is 5.75 Å². The van der Waals surface area contributed by atoms with E-state index in [2.05, 4.69) is 35.6 Å². The van der Waals surface area contributed by atoms with Crippen LogP contribution in [0, 0.1) is 5.92 Å². The van der Waals surface area contributed by atoms with E-state index in [0.717, 1.165) is 37.9 Å². The van der Waals surface area contributed by atoms with Gasteiger partial charge in [0.2, 0.25) is 5.91 Å². The Bertz CT molecular complexity index is 782. The van der Waals surface area contributed by atoms with Gasteiger partial charge < -0.3 is 25.4 Å². The molecule has 0 aromatic heterocycles. The summed E-state index contributed by atoms with van der Waals surface area (Å²) in [5, 5.41) is 13.6. The highest BCUT2D eigenvalue weighted by atomic mass is 16.6. The number of benzene rings is 1. The zero-order valence-electron chi connectivity index (χ0n) is 18.9. The molecule has 2 unspecified atom stereocenters. The van der Waals surface area contributed by atoms with Gasteiger partial charge in [-0.15, -0.1) is 0 Å². The monoisotopic (exact) mass is 433 g/mol. The van der Waals surface area contributed by atoms with Crippen LogP contribution in [0.1, 0.15) is 52.0 Å². The number of ether oxygens (including phenoxy) is 1. The van der Waals surface area contributed by atoms with E-state index >= 15 is 0 Å². The molecule has 1 aliphatic rings. The third-order valence-electron chi connectivity index (χ3n) is 5.99. The summed E-state index contributed by atoms with van der Waals surface area (Å²) in [5.41, 5.74) is 1.16. The minimum atomic E-state index is -1.15. The van der Waals surface area contributed by atoms with Crippen molar-refractivity contribution in [2.45, 2.75) is 57.9 Å². The number of nitrogens with zero attached hydrogens (tertiary/aromatic N) is 1. The number of carbonyl (C=O) groups is 3. The molecule has 8 nitrogen and oxygen atoms in total. The third kappa shape index (κ3) is 6.95. The van der Waals surface area contributed by atoms with Crippen molar-refractivity contribution >= 4 is 18.0 Å². The Morgan fingerprint density at radius 2 is 2.00 bits per heavy atom. The molecule has 3 N–H and O–H groups in total. The van der Waals surface area contributed by atoms with Crippen molar-refractivity contribution in [3.8, 4) is 5.75 Å². The lowest BCUT2D eigenvalue weighted by Crippen LogP contribution is -2.51. The predicted molar refractivity (Wildman–Crippen MR) is 118 cm³/mol. The molecule has 0 radical (unpaired) electrons. The standard InChI is InChI=1S/C23H35N3O5/c1-5-23(11-6-7-12-26(4)15-23)17-9-8-10-18(13-17)31-22(30)25-20(16(2)3)21(29)24-14-19(27)28/h8-10,13,16,20H,5-7,11-12,14-15H2,1-4H3,(H,24,29)(H,25,30)(H,27,28). The lowest BCUT2D eigenvalue weighted by Gasteiger charge is -2.35. The van der Waals surface area contributed by atoms with Crippen molar-refractivity contribution in [2.24, 2.45) is 5.92 Å². The van der Waals surface area contributed by atoms with Crippen LogP contribution in [0.3, 0.4) is 0 Å². The summed E-state index contributed by atoms with van der Waals surface area (Å²) in [6.45, 7) is 7.26. The second-order valence-corrected chi connectivity index (χ2v) is 8.72. The predicted octanol–water partition coefficient (Wildman–Crippen LogP) is 2.76. The van der Waals surface area contributed by atoms with Crippen LogP contribution in [-0.4, -0.2) is 60.7 Å². The second kappa shape index (κ2) is 11.1. The molecule has 2 atom stereocenters. The van der Waals surface area contributed by atoms with E-state index in [9.17, 15) is 14.4 Å². The Hall–Kier alpha value is -2.61. The first-order chi connectivity index (χ1) is 14.7. The van der Waals surface area contributed by atoms with Crippen molar-refractivity contribution in [2.75, 3.05) is 26.7 Å². The summed E-state index contributed by atoms with van der Waals surface area (Å²) in [5.74, 6) is -1.53. The fourth-order valence-corrected chi connectivity index (χ4v) is 4.21. The number of carboxylic acids is 1. The van der Waals surface area contributed by atoms with Gasteiger partial charge in [0.25, 0.3) is 0 Å². The van der Waals surface area contributed by atoms with Gasteiger partial charge in [0.15, 0.2) is 0 Å². The minimum Gasteiger partial charge on any atom is -0.480 e. The summed E-state index contributed by atoms with van der Waals surface area (Å²) in [6, 6.07) is 6.72. The van der Waals surface area contributed by atoms with E-state index < -0.39 is 30.6 Å². The molecule has 31 heavy (non-hydrogen) atoms. The Kier molecular flexibility index (Phi) is 8.86. The maximum Gasteiger partial charge on any atom is 0.413 e. The quantitative estimate of drug-likeness (QED) is 0.582. The van der Waals surface area contributed by atoms with Gasteiger partial charge in [0.1, 0.15) is 18.3 Å². The maximum atomic E-state index is 12.5. The molecule has 1 aromatic carbocycles. The lowest BCUT2D eigenvalue weighted by atomic mass is 9.74. The van der Waals surface area contributed by atoms with Crippen molar-refractivity contribution in [1.82, 2.24) is 15.5 Å². The van der Waals surface area contributed by atoms with Crippen molar-refractivity contribution < 1.29 is 24.2 Å². The molecule has 1 aromatic rings. The first-order valence-electron chi connectivity index (χ1n) is 10.9. The van der Waals surface area contributed by atoms with Crippen LogP contribution in [0.2, 0.25) is 0 Å². The molecule has 172 valence electrons. The Morgan fingerprint density at radius 3 is 2.65 bits per heavy atom. The Morgan fingerprint density at radius 1 is 1.26 bits per heavy atom. The summed E-state index contributed by atoms with van der Waals surface area (Å²) in [7, 11) is 2.14. The second-order valence-electron chi connectivity index (χ2n) is 8.72. The van der Waals surface area contributed by atoms with Gasteiger partial charge in [-0.2, -0.15) is 0 Å². The molecule has 0 saturated carbocycles. The van der Waals surface area contributed by atoms with E-state index in [1.54, 1.807) is 19.9 Å². The molecule has 2 rings (SSSR count). The van der Waals surface area contributed by atoms with Crippen molar-refractivity contribution in [3.05, 3.63) is 29.8 Å². The average Bonchev–Trinajstić information content (AvgIpc) is 2.92. The van der Waals surface area contributed by atoms with Crippen LogP contribution in [-0.2, 0) is 15.0 Å². The van der Waals surface area contributed by atoms with Gasteiger partial charge in [-0.25, -0.2) is 4.79 Å². The van der Waals surface area contributed by atoms with E-state index in [1.807, 2.05) is 12.1 Å². The van der Waals surface area contributed by atoms with Gasteiger partial charge in [-0.05, 0) is 56.5 Å². The van der Waals surface area contributed by atoms with Gasteiger partial charge in [-0.1, -0.05) is 39.3 Å². The van der Waals surface area contributed by atoms with Crippen molar-refractivity contribution in [3.63, 3.8) is 0 Å². The Labute approximate surface area is 184 Å². The number of hydrogen-bond acceptors (Lipinski definition) is 5. The first-order valence-corrected chi connectivity index (χ1v) is 10.9. The molecule has 1 saturated heterocycles. The number of nitrogens with one attached hydrogen (secondary N) is 2. The molecular weight excluding hydrogens is 398 g/mol. The van der Waals surface area contributed by atoms with E-state index in [-0.39, 0.29) is 11.3 Å². The van der Waals surface area contributed by atoms with Crippen LogP contribution in [0.4, 0.5) is 4.79 Å². The smallest absolute Gasteiger partial charge is 0.413 e. The van der Waals surface area contributed by atoms with E-state index in [0.29, 0.717) is 5.75 Å². The first kappa shape index (κ1) is 24.7. The fourth-order valence-electron chi connectivity index (χ4n) is 4.21. The van der Waals surface area contributed by atoms with Crippen molar-refractivity contribution in [1.29, 1.82) is 0 Å². The molecular formula is C23H35N3O5. The lowest BCUT2D eigenvalue weighted by molar-refractivity contribution is -0.138. The zero-order valence-corrected chi connectivity index (χ0v) is 18.9. The highest BCUT2D eigenvalue weighted by Crippen LogP contribution is 2.37. The number of amides is 2. The summed E-state index contributed by atoms with van der Waals surface area (Å²) < 4.78 is 5.49. The van der Waals surface area contributed by atoms with Gasteiger partial charge in [0.05, 0.1) is 0 Å². The van der Waals surface area contributed by atoms with Gasteiger partial charge >= 0.3 is 12.1 Å². The minimum absolute atomic E-state index is 0.0122. The molecule has 1 fully saturated rings. The number of hydrogen-bond donors (Lipinski definition) is 3. The molecule has 0 bridgehead atoms. The molecule has 1 aliphatic heterocycles. The average molecular weight is 434 g/mol. The van der Waals surface area contributed by atoms with Crippen LogP contribution in [0.15, 0.2) is 24.3 Å². The Balaban J connectivity index is 2.11.